The van der Waals surface area contributed by atoms with Gasteiger partial charge >= 0.3 is 5.97 Å². The van der Waals surface area contributed by atoms with Crippen LogP contribution in [0.25, 0.3) is 0 Å². The molecule has 0 aliphatic rings. The maximum absolute atomic E-state index is 12.3. The molecule has 8 nitrogen and oxygen atoms in total. The fraction of sp³-hybridized carbons (Fsp3) is 0.364. The van der Waals surface area contributed by atoms with E-state index in [1.807, 2.05) is 24.3 Å². The molecule has 0 heterocycles. The van der Waals surface area contributed by atoms with E-state index in [0.717, 1.165) is 24.8 Å². The van der Waals surface area contributed by atoms with Crippen molar-refractivity contribution in [3.8, 4) is 5.75 Å². The maximum atomic E-state index is 12.3. The van der Waals surface area contributed by atoms with Crippen molar-refractivity contribution < 1.29 is 24.0 Å². The molecule has 0 spiro atoms. The molecule has 160 valence electrons. The Morgan fingerprint density at radius 3 is 2.40 bits per heavy atom. The van der Waals surface area contributed by atoms with E-state index in [1.165, 1.54) is 37.8 Å². The van der Waals surface area contributed by atoms with Gasteiger partial charge in [0.1, 0.15) is 11.4 Å². The van der Waals surface area contributed by atoms with Crippen LogP contribution >= 0.6 is 0 Å². The second kappa shape index (κ2) is 10.9. The Morgan fingerprint density at radius 2 is 1.80 bits per heavy atom. The Kier molecular flexibility index (Phi) is 8.34. The van der Waals surface area contributed by atoms with Crippen LogP contribution in [0.4, 0.5) is 11.4 Å². The molecule has 0 aromatic heterocycles. The average molecular weight is 414 g/mol. The van der Waals surface area contributed by atoms with Gasteiger partial charge < -0.3 is 14.8 Å². The Morgan fingerprint density at radius 1 is 1.13 bits per heavy atom. The summed E-state index contributed by atoms with van der Waals surface area (Å²) in [5.74, 6) is -0.922. The van der Waals surface area contributed by atoms with E-state index in [4.69, 9.17) is 9.47 Å². The van der Waals surface area contributed by atoms with Gasteiger partial charge in [-0.15, -0.1) is 0 Å². The first kappa shape index (κ1) is 22.9. The molecule has 1 N–H and O–H groups in total. The lowest BCUT2D eigenvalue weighted by Gasteiger charge is -2.14. The second-order valence-electron chi connectivity index (χ2n) is 6.86. The number of nitro groups is 1. The van der Waals surface area contributed by atoms with Crippen LogP contribution in [0.15, 0.2) is 42.5 Å². The van der Waals surface area contributed by atoms with E-state index in [-0.39, 0.29) is 17.8 Å². The summed E-state index contributed by atoms with van der Waals surface area (Å²) in [6, 6.07) is 11.8. The van der Waals surface area contributed by atoms with Gasteiger partial charge in [-0.1, -0.05) is 37.6 Å². The largest absolute Gasteiger partial charge is 0.496 e. The van der Waals surface area contributed by atoms with E-state index >= 15 is 0 Å². The first-order valence-electron chi connectivity index (χ1n) is 9.74. The van der Waals surface area contributed by atoms with Crippen molar-refractivity contribution in [1.82, 2.24) is 0 Å². The summed E-state index contributed by atoms with van der Waals surface area (Å²) in [6.07, 6.45) is 2.15. The SMILES string of the molecule is CCCCc1ccc(CC(=O)O[C@@H](C)C(=O)Nc2ccc(OC)cc2[N+](=O)[O-])cc1. The monoisotopic (exact) mass is 414 g/mol. The van der Waals surface area contributed by atoms with Crippen LogP contribution in [0.1, 0.15) is 37.8 Å². The van der Waals surface area contributed by atoms with Crippen molar-refractivity contribution in [2.75, 3.05) is 12.4 Å². The van der Waals surface area contributed by atoms with E-state index < -0.39 is 22.9 Å². The van der Waals surface area contributed by atoms with Crippen molar-refractivity contribution in [1.29, 1.82) is 0 Å². The summed E-state index contributed by atoms with van der Waals surface area (Å²) >= 11 is 0. The predicted octanol–water partition coefficient (Wildman–Crippen LogP) is 4.06. The predicted molar refractivity (Wildman–Crippen MR) is 113 cm³/mol. The van der Waals surface area contributed by atoms with Crippen LogP contribution in [-0.4, -0.2) is 30.0 Å². The number of nitrogens with one attached hydrogen (secondary N) is 1. The highest BCUT2D eigenvalue weighted by atomic mass is 16.6. The van der Waals surface area contributed by atoms with Gasteiger partial charge in [0.2, 0.25) is 0 Å². The number of carbonyl (C=O) groups excluding carboxylic acids is 2. The third kappa shape index (κ3) is 6.58. The summed E-state index contributed by atoms with van der Waals surface area (Å²) in [4.78, 5) is 35.1. The zero-order valence-electron chi connectivity index (χ0n) is 17.3. The molecule has 1 amide bonds. The number of amides is 1. The number of nitro benzene ring substituents is 1. The zero-order chi connectivity index (χ0) is 22.1. The lowest BCUT2D eigenvalue weighted by molar-refractivity contribution is -0.384. The zero-order valence-corrected chi connectivity index (χ0v) is 17.3. The summed E-state index contributed by atoms with van der Waals surface area (Å²) < 4.78 is 10.1. The number of rotatable bonds is 10. The van der Waals surface area contributed by atoms with Gasteiger partial charge in [-0.05, 0) is 43.0 Å². The van der Waals surface area contributed by atoms with Gasteiger partial charge in [-0.25, -0.2) is 0 Å². The van der Waals surface area contributed by atoms with E-state index in [9.17, 15) is 19.7 Å². The van der Waals surface area contributed by atoms with E-state index in [1.54, 1.807) is 0 Å². The number of benzene rings is 2. The average Bonchev–Trinajstić information content (AvgIpc) is 2.73. The summed E-state index contributed by atoms with van der Waals surface area (Å²) in [7, 11) is 1.39. The lowest BCUT2D eigenvalue weighted by atomic mass is 10.1. The van der Waals surface area contributed by atoms with Crippen LogP contribution in [0, 0.1) is 10.1 Å². The molecular weight excluding hydrogens is 388 g/mol. The van der Waals surface area contributed by atoms with Crippen LogP contribution < -0.4 is 10.1 Å². The molecule has 0 fully saturated rings. The Hall–Kier alpha value is -3.42. The molecule has 0 bridgehead atoms. The smallest absolute Gasteiger partial charge is 0.311 e. The van der Waals surface area contributed by atoms with Crippen molar-refractivity contribution >= 4 is 23.3 Å². The van der Waals surface area contributed by atoms with Gasteiger partial charge in [-0.3, -0.25) is 19.7 Å². The Balaban J connectivity index is 1.94. The number of nitrogens with zero attached hydrogens (tertiary/aromatic N) is 1. The Labute approximate surface area is 175 Å². The standard InChI is InChI=1S/C22H26N2O6/c1-4-5-6-16-7-9-17(10-8-16)13-21(25)30-15(2)22(26)23-19-12-11-18(29-3)14-20(19)24(27)28/h7-12,14-15H,4-6,13H2,1-3H3,(H,23,26)/t15-/m0/s1. The first-order valence-corrected chi connectivity index (χ1v) is 9.74. The summed E-state index contributed by atoms with van der Waals surface area (Å²) in [6.45, 7) is 3.55. The second-order valence-corrected chi connectivity index (χ2v) is 6.86. The number of aryl methyl sites for hydroxylation is 1. The number of unbranched alkanes of at least 4 members (excludes halogenated alkanes) is 1. The molecule has 0 aliphatic heterocycles. The van der Waals surface area contributed by atoms with Crippen LogP contribution in [-0.2, 0) is 27.2 Å². The molecule has 2 aromatic carbocycles. The molecule has 30 heavy (non-hydrogen) atoms. The molecule has 0 saturated carbocycles. The van der Waals surface area contributed by atoms with Gasteiger partial charge in [0, 0.05) is 0 Å². The van der Waals surface area contributed by atoms with Crippen molar-refractivity contribution in [3.05, 3.63) is 63.7 Å². The van der Waals surface area contributed by atoms with Crippen molar-refractivity contribution in [2.45, 2.75) is 45.6 Å². The van der Waals surface area contributed by atoms with Crippen molar-refractivity contribution in [3.63, 3.8) is 0 Å². The number of hydrogen-bond acceptors (Lipinski definition) is 6. The van der Waals surface area contributed by atoms with Crippen LogP contribution in [0.2, 0.25) is 0 Å². The minimum absolute atomic E-state index is 0.00336. The third-order valence-corrected chi connectivity index (χ3v) is 4.53. The van der Waals surface area contributed by atoms with Crippen LogP contribution in [0.5, 0.6) is 5.75 Å². The third-order valence-electron chi connectivity index (χ3n) is 4.53. The van der Waals surface area contributed by atoms with Gasteiger partial charge in [0.05, 0.1) is 24.5 Å². The number of carbonyl (C=O) groups is 2. The normalized spacial score (nSPS) is 11.4. The molecule has 2 aromatic rings. The first-order chi connectivity index (χ1) is 14.3. The number of esters is 1. The van der Waals surface area contributed by atoms with Gasteiger partial charge in [-0.2, -0.15) is 0 Å². The molecule has 8 heteroatoms. The molecule has 0 unspecified atom stereocenters. The Bertz CT molecular complexity index is 895. The molecule has 1 atom stereocenters. The summed E-state index contributed by atoms with van der Waals surface area (Å²) in [5.41, 5.74) is 1.68. The number of ether oxygens (including phenoxy) is 2. The molecule has 0 aliphatic carbocycles. The topological polar surface area (TPSA) is 108 Å². The van der Waals surface area contributed by atoms with Gasteiger partial charge in [0.15, 0.2) is 6.10 Å². The van der Waals surface area contributed by atoms with E-state index in [0.29, 0.717) is 5.75 Å². The molecule has 2 rings (SSSR count). The van der Waals surface area contributed by atoms with Crippen molar-refractivity contribution in [2.24, 2.45) is 0 Å². The highest BCUT2D eigenvalue weighted by Crippen LogP contribution is 2.29. The lowest BCUT2D eigenvalue weighted by Crippen LogP contribution is -2.30. The molecular formula is C22H26N2O6. The quantitative estimate of drug-likeness (QED) is 0.357. The van der Waals surface area contributed by atoms with Gasteiger partial charge in [0.25, 0.3) is 11.6 Å². The highest BCUT2D eigenvalue weighted by Gasteiger charge is 2.22. The van der Waals surface area contributed by atoms with Crippen LogP contribution in [0.3, 0.4) is 0 Å². The minimum Gasteiger partial charge on any atom is -0.496 e. The molecule has 0 saturated heterocycles. The molecule has 0 radical (unpaired) electrons. The minimum atomic E-state index is -1.11. The van der Waals surface area contributed by atoms with E-state index in [2.05, 4.69) is 12.2 Å². The number of anilines is 1. The number of methoxy groups -OCH3 is 1. The summed E-state index contributed by atoms with van der Waals surface area (Å²) in [5, 5.41) is 13.6. The highest BCUT2D eigenvalue weighted by molar-refractivity contribution is 5.97. The number of hydrogen-bond donors (Lipinski definition) is 1. The fourth-order valence-electron chi connectivity index (χ4n) is 2.79. The maximum Gasteiger partial charge on any atom is 0.311 e. The fourth-order valence-corrected chi connectivity index (χ4v) is 2.79.